The van der Waals surface area contributed by atoms with Crippen LogP contribution in [0.5, 0.6) is 0 Å². The van der Waals surface area contributed by atoms with E-state index in [1.165, 1.54) is 0 Å². The SMILES string of the molecule is Cc1cnc2[nH]cc(C(=O)c3cccc(N4CCCC4)c3F)c2c1. The summed E-state index contributed by atoms with van der Waals surface area (Å²) in [7, 11) is 0. The summed E-state index contributed by atoms with van der Waals surface area (Å²) < 4.78 is 15.0. The Morgan fingerprint density at radius 3 is 2.83 bits per heavy atom. The minimum atomic E-state index is -0.431. The van der Waals surface area contributed by atoms with Gasteiger partial charge in [-0.25, -0.2) is 9.37 Å². The third-order valence-electron chi connectivity index (χ3n) is 4.58. The number of fused-ring (bicyclic) bond motifs is 1. The van der Waals surface area contributed by atoms with Gasteiger partial charge in [0.15, 0.2) is 11.6 Å². The van der Waals surface area contributed by atoms with Crippen LogP contribution >= 0.6 is 0 Å². The molecule has 0 radical (unpaired) electrons. The Kier molecular flexibility index (Phi) is 3.56. The molecule has 24 heavy (non-hydrogen) atoms. The lowest BCUT2D eigenvalue weighted by atomic mass is 10.0. The second kappa shape index (κ2) is 5.74. The van der Waals surface area contributed by atoms with E-state index in [0.29, 0.717) is 16.9 Å². The van der Waals surface area contributed by atoms with Crippen molar-refractivity contribution >= 4 is 22.5 Å². The van der Waals surface area contributed by atoms with Crippen molar-refractivity contribution in [2.75, 3.05) is 18.0 Å². The zero-order chi connectivity index (χ0) is 16.7. The number of H-pyrrole nitrogens is 1. The molecular formula is C19H18FN3O. The first-order valence-corrected chi connectivity index (χ1v) is 8.17. The van der Waals surface area contributed by atoms with Gasteiger partial charge in [-0.3, -0.25) is 4.79 Å². The second-order valence-electron chi connectivity index (χ2n) is 6.27. The Balaban J connectivity index is 1.79. The lowest BCUT2D eigenvalue weighted by Gasteiger charge is -2.19. The van der Waals surface area contributed by atoms with Crippen LogP contribution in [-0.4, -0.2) is 28.8 Å². The van der Waals surface area contributed by atoms with Crippen LogP contribution in [0.1, 0.15) is 34.3 Å². The predicted molar refractivity (Wildman–Crippen MR) is 92.1 cm³/mol. The van der Waals surface area contributed by atoms with E-state index in [1.54, 1.807) is 30.6 Å². The van der Waals surface area contributed by atoms with Crippen molar-refractivity contribution in [3.63, 3.8) is 0 Å². The van der Waals surface area contributed by atoms with Gasteiger partial charge in [-0.2, -0.15) is 0 Å². The molecule has 0 bridgehead atoms. The van der Waals surface area contributed by atoms with Crippen molar-refractivity contribution in [3.8, 4) is 0 Å². The van der Waals surface area contributed by atoms with Crippen LogP contribution < -0.4 is 4.90 Å². The number of aryl methyl sites for hydroxylation is 1. The molecule has 1 aliphatic rings. The van der Waals surface area contributed by atoms with E-state index in [1.807, 2.05) is 17.9 Å². The van der Waals surface area contributed by atoms with Crippen LogP contribution in [0.2, 0.25) is 0 Å². The van der Waals surface area contributed by atoms with E-state index >= 15 is 0 Å². The summed E-state index contributed by atoms with van der Waals surface area (Å²) in [6.07, 6.45) is 5.47. The molecule has 0 aliphatic carbocycles. The number of aromatic amines is 1. The lowest BCUT2D eigenvalue weighted by molar-refractivity contribution is 0.103. The van der Waals surface area contributed by atoms with Crippen LogP contribution in [0, 0.1) is 12.7 Å². The number of benzene rings is 1. The van der Waals surface area contributed by atoms with Crippen LogP contribution in [0.15, 0.2) is 36.7 Å². The van der Waals surface area contributed by atoms with Crippen LogP contribution in [0.3, 0.4) is 0 Å². The van der Waals surface area contributed by atoms with Crippen molar-refractivity contribution in [3.05, 3.63) is 59.2 Å². The van der Waals surface area contributed by atoms with Gasteiger partial charge >= 0.3 is 0 Å². The highest BCUT2D eigenvalue weighted by atomic mass is 19.1. The van der Waals surface area contributed by atoms with Crippen molar-refractivity contribution in [1.29, 1.82) is 0 Å². The molecule has 0 unspecified atom stereocenters. The van der Waals surface area contributed by atoms with Gasteiger partial charge in [0.1, 0.15) is 5.65 Å². The van der Waals surface area contributed by atoms with Gasteiger partial charge in [-0.1, -0.05) is 6.07 Å². The molecule has 4 nitrogen and oxygen atoms in total. The van der Waals surface area contributed by atoms with Crippen LogP contribution in [-0.2, 0) is 0 Å². The van der Waals surface area contributed by atoms with Gasteiger partial charge in [-0.15, -0.1) is 0 Å². The first kappa shape index (κ1) is 14.9. The number of halogens is 1. The minimum absolute atomic E-state index is 0.113. The predicted octanol–water partition coefficient (Wildman–Crippen LogP) is 3.84. The number of hydrogen-bond donors (Lipinski definition) is 1. The number of rotatable bonds is 3. The zero-order valence-electron chi connectivity index (χ0n) is 13.5. The van der Waals surface area contributed by atoms with Crippen LogP contribution in [0.25, 0.3) is 11.0 Å². The smallest absolute Gasteiger partial charge is 0.198 e. The van der Waals surface area contributed by atoms with E-state index in [0.717, 1.165) is 36.9 Å². The fourth-order valence-corrected chi connectivity index (χ4v) is 3.34. The molecule has 0 amide bonds. The Morgan fingerprint density at radius 2 is 2.04 bits per heavy atom. The van der Waals surface area contributed by atoms with Crippen molar-refractivity contribution in [2.45, 2.75) is 19.8 Å². The van der Waals surface area contributed by atoms with E-state index < -0.39 is 5.82 Å². The average Bonchev–Trinajstić information content (AvgIpc) is 3.23. The quantitative estimate of drug-likeness (QED) is 0.745. The minimum Gasteiger partial charge on any atom is -0.369 e. The molecule has 1 aromatic carbocycles. The van der Waals surface area contributed by atoms with Crippen molar-refractivity contribution in [1.82, 2.24) is 9.97 Å². The number of carbonyl (C=O) groups is 1. The van der Waals surface area contributed by atoms with Gasteiger partial charge in [0.05, 0.1) is 11.3 Å². The number of aromatic nitrogens is 2. The number of hydrogen-bond acceptors (Lipinski definition) is 3. The molecule has 5 heteroatoms. The molecule has 3 aromatic rings. The highest BCUT2D eigenvalue weighted by Crippen LogP contribution is 2.28. The topological polar surface area (TPSA) is 49.0 Å². The van der Waals surface area contributed by atoms with Gasteiger partial charge in [-0.05, 0) is 43.5 Å². The third kappa shape index (κ3) is 2.37. The fraction of sp³-hybridized carbons (Fsp3) is 0.263. The van der Waals surface area contributed by atoms with Gasteiger partial charge in [0, 0.05) is 36.4 Å². The molecule has 1 fully saturated rings. The molecule has 122 valence electrons. The number of ketones is 1. The number of carbonyl (C=O) groups excluding carboxylic acids is 1. The summed E-state index contributed by atoms with van der Waals surface area (Å²) in [5, 5.41) is 0.728. The molecule has 2 aromatic heterocycles. The number of pyridine rings is 1. The van der Waals surface area contributed by atoms with E-state index in [4.69, 9.17) is 0 Å². The third-order valence-corrected chi connectivity index (χ3v) is 4.58. The molecule has 0 spiro atoms. The van der Waals surface area contributed by atoms with Gasteiger partial charge < -0.3 is 9.88 Å². The molecule has 4 rings (SSSR count). The molecule has 0 saturated carbocycles. The monoisotopic (exact) mass is 323 g/mol. The number of nitrogens with zero attached hydrogens (tertiary/aromatic N) is 2. The van der Waals surface area contributed by atoms with E-state index in [9.17, 15) is 9.18 Å². The number of nitrogens with one attached hydrogen (secondary N) is 1. The molecular weight excluding hydrogens is 305 g/mol. The second-order valence-corrected chi connectivity index (χ2v) is 6.27. The Bertz CT molecular complexity index is 926. The molecule has 0 atom stereocenters. The highest BCUT2D eigenvalue weighted by Gasteiger charge is 2.23. The first-order valence-electron chi connectivity index (χ1n) is 8.17. The van der Waals surface area contributed by atoms with Crippen molar-refractivity contribution < 1.29 is 9.18 Å². The summed E-state index contributed by atoms with van der Waals surface area (Å²) in [6.45, 7) is 3.60. The molecule has 1 saturated heterocycles. The Hall–Kier alpha value is -2.69. The summed E-state index contributed by atoms with van der Waals surface area (Å²) >= 11 is 0. The molecule has 3 heterocycles. The fourth-order valence-electron chi connectivity index (χ4n) is 3.34. The normalized spacial score (nSPS) is 14.5. The van der Waals surface area contributed by atoms with Crippen LogP contribution in [0.4, 0.5) is 10.1 Å². The molecule has 1 N–H and O–H groups in total. The standard InChI is InChI=1S/C19H18FN3O/c1-12-9-14-15(11-22-19(14)21-10-12)18(24)13-5-4-6-16(17(13)20)23-7-2-3-8-23/h4-6,9-11H,2-3,7-8H2,1H3,(H,21,22). The Morgan fingerprint density at radius 1 is 1.25 bits per heavy atom. The van der Waals surface area contributed by atoms with Crippen molar-refractivity contribution in [2.24, 2.45) is 0 Å². The van der Waals surface area contributed by atoms with E-state index in [-0.39, 0.29) is 11.3 Å². The summed E-state index contributed by atoms with van der Waals surface area (Å²) in [5.41, 5.74) is 2.69. The average molecular weight is 323 g/mol. The largest absolute Gasteiger partial charge is 0.369 e. The highest BCUT2D eigenvalue weighted by molar-refractivity contribution is 6.16. The van der Waals surface area contributed by atoms with Gasteiger partial charge in [0.25, 0.3) is 0 Å². The van der Waals surface area contributed by atoms with E-state index in [2.05, 4.69) is 9.97 Å². The Labute approximate surface area is 139 Å². The zero-order valence-corrected chi connectivity index (χ0v) is 13.5. The number of anilines is 1. The first-order chi connectivity index (χ1) is 11.6. The maximum absolute atomic E-state index is 15.0. The summed E-state index contributed by atoms with van der Waals surface area (Å²) in [5.74, 6) is -0.744. The molecule has 1 aliphatic heterocycles. The maximum Gasteiger partial charge on any atom is 0.198 e. The summed E-state index contributed by atoms with van der Waals surface area (Å²) in [6, 6.07) is 6.95. The van der Waals surface area contributed by atoms with Gasteiger partial charge in [0.2, 0.25) is 0 Å². The lowest BCUT2D eigenvalue weighted by Crippen LogP contribution is -2.20. The summed E-state index contributed by atoms with van der Waals surface area (Å²) in [4.78, 5) is 22.2. The maximum atomic E-state index is 15.0.